The van der Waals surface area contributed by atoms with Crippen molar-refractivity contribution in [3.63, 3.8) is 0 Å². The first-order valence-electron chi connectivity index (χ1n) is 8.02. The zero-order valence-electron chi connectivity index (χ0n) is 13.7. The molecule has 0 bridgehead atoms. The minimum absolute atomic E-state index is 0.0670. The zero-order chi connectivity index (χ0) is 16.7. The van der Waals surface area contributed by atoms with Gasteiger partial charge >= 0.3 is 6.09 Å². The lowest BCUT2D eigenvalue weighted by Gasteiger charge is -2.25. The fraction of sp³-hybridized carbons (Fsp3) is 0.625. The Balaban J connectivity index is 1.96. The maximum Gasteiger partial charge on any atom is 0.426 e. The number of carbonyl (C=O) groups is 1. The van der Waals surface area contributed by atoms with Crippen molar-refractivity contribution in [1.82, 2.24) is 15.4 Å². The highest BCUT2D eigenvalue weighted by atomic mass is 16.6. The number of nitriles is 1. The van der Waals surface area contributed by atoms with E-state index in [1.165, 1.54) is 19.0 Å². The standard InChI is InChI=1S/C16H23N5O2/c1-12(2)10-21(15-7-8-18-14(9-17)19-15)20-16(22)23-11-13-5-3-4-6-13/h7-8,12-13H,3-6,10-11H2,1-2H3,(H,20,22). The first kappa shape index (κ1) is 17.0. The van der Waals surface area contributed by atoms with Gasteiger partial charge < -0.3 is 4.74 Å². The van der Waals surface area contributed by atoms with E-state index in [0.717, 1.165) is 12.8 Å². The van der Waals surface area contributed by atoms with Gasteiger partial charge in [-0.15, -0.1) is 0 Å². The topological polar surface area (TPSA) is 91.1 Å². The van der Waals surface area contributed by atoms with E-state index in [9.17, 15) is 4.79 Å². The molecule has 0 aromatic carbocycles. The molecule has 0 aliphatic heterocycles. The first-order valence-corrected chi connectivity index (χ1v) is 8.02. The predicted octanol–water partition coefficient (Wildman–Crippen LogP) is 2.64. The van der Waals surface area contributed by atoms with Crippen molar-refractivity contribution in [1.29, 1.82) is 5.26 Å². The Morgan fingerprint density at radius 2 is 2.26 bits per heavy atom. The second kappa shape index (κ2) is 8.32. The molecule has 0 saturated heterocycles. The van der Waals surface area contributed by atoms with Crippen LogP contribution in [0, 0.1) is 23.2 Å². The number of amides is 1. The Labute approximate surface area is 136 Å². The van der Waals surface area contributed by atoms with E-state index < -0.39 is 6.09 Å². The number of hydrazine groups is 1. The van der Waals surface area contributed by atoms with Gasteiger partial charge in [-0.05, 0) is 24.7 Å². The predicted molar refractivity (Wildman–Crippen MR) is 85.4 cm³/mol. The molecule has 1 aliphatic rings. The van der Waals surface area contributed by atoms with Crippen molar-refractivity contribution < 1.29 is 9.53 Å². The number of hydrogen-bond acceptors (Lipinski definition) is 6. The van der Waals surface area contributed by atoms with Crippen molar-refractivity contribution in [2.45, 2.75) is 39.5 Å². The number of anilines is 1. The average Bonchev–Trinajstić information content (AvgIpc) is 3.05. The van der Waals surface area contributed by atoms with Crippen molar-refractivity contribution >= 4 is 11.9 Å². The molecule has 1 aromatic rings. The Bertz CT molecular complexity index is 564. The van der Waals surface area contributed by atoms with Crippen LogP contribution in [0.4, 0.5) is 10.6 Å². The van der Waals surface area contributed by atoms with E-state index in [1.807, 2.05) is 19.9 Å². The molecule has 2 rings (SSSR count). The summed E-state index contributed by atoms with van der Waals surface area (Å²) in [5.41, 5.74) is 2.71. The molecule has 0 atom stereocenters. The maximum absolute atomic E-state index is 12.0. The summed E-state index contributed by atoms with van der Waals surface area (Å²) in [6.45, 7) is 5.07. The third-order valence-electron chi connectivity index (χ3n) is 3.72. The van der Waals surface area contributed by atoms with Crippen molar-refractivity contribution in [2.75, 3.05) is 18.2 Å². The van der Waals surface area contributed by atoms with E-state index in [2.05, 4.69) is 15.4 Å². The summed E-state index contributed by atoms with van der Waals surface area (Å²) in [5.74, 6) is 1.31. The zero-order valence-corrected chi connectivity index (χ0v) is 13.7. The molecule has 1 amide bonds. The summed E-state index contributed by atoms with van der Waals surface area (Å²) in [5, 5.41) is 10.5. The van der Waals surface area contributed by atoms with Gasteiger partial charge in [-0.1, -0.05) is 26.7 Å². The van der Waals surface area contributed by atoms with Gasteiger partial charge in [-0.2, -0.15) is 10.2 Å². The van der Waals surface area contributed by atoms with Crippen LogP contribution in [0.25, 0.3) is 0 Å². The average molecular weight is 317 g/mol. The molecule has 1 aromatic heterocycles. The molecule has 0 spiro atoms. The van der Waals surface area contributed by atoms with Crippen LogP contribution in [0.2, 0.25) is 0 Å². The van der Waals surface area contributed by atoms with Gasteiger partial charge in [0.1, 0.15) is 6.07 Å². The molecular weight excluding hydrogens is 294 g/mol. The van der Waals surface area contributed by atoms with Crippen molar-refractivity contribution in [3.05, 3.63) is 18.1 Å². The molecule has 7 nitrogen and oxygen atoms in total. The highest BCUT2D eigenvalue weighted by molar-refractivity contribution is 5.69. The van der Waals surface area contributed by atoms with E-state index in [0.29, 0.717) is 30.8 Å². The molecule has 0 unspecified atom stereocenters. The number of rotatable bonds is 6. The quantitative estimate of drug-likeness (QED) is 0.811. The van der Waals surface area contributed by atoms with Gasteiger partial charge in [0, 0.05) is 18.8 Å². The van der Waals surface area contributed by atoms with Crippen LogP contribution < -0.4 is 10.4 Å². The normalized spacial score (nSPS) is 14.5. The monoisotopic (exact) mass is 317 g/mol. The van der Waals surface area contributed by atoms with Gasteiger partial charge in [0.15, 0.2) is 5.82 Å². The molecule has 1 aliphatic carbocycles. The third-order valence-corrected chi connectivity index (χ3v) is 3.72. The van der Waals surface area contributed by atoms with Gasteiger partial charge in [0.2, 0.25) is 5.82 Å². The lowest BCUT2D eigenvalue weighted by molar-refractivity contribution is 0.126. The summed E-state index contributed by atoms with van der Waals surface area (Å²) in [4.78, 5) is 20.0. The highest BCUT2D eigenvalue weighted by Crippen LogP contribution is 2.24. The number of hydrogen-bond donors (Lipinski definition) is 1. The van der Waals surface area contributed by atoms with Gasteiger partial charge in [0.25, 0.3) is 0 Å². The maximum atomic E-state index is 12.0. The summed E-state index contributed by atoms with van der Waals surface area (Å²) in [6.07, 6.45) is 5.69. The van der Waals surface area contributed by atoms with Crippen LogP contribution in [0.1, 0.15) is 45.4 Å². The number of carbonyl (C=O) groups excluding carboxylic acids is 1. The Morgan fingerprint density at radius 3 is 2.91 bits per heavy atom. The molecule has 23 heavy (non-hydrogen) atoms. The molecular formula is C16H23N5O2. The second-order valence-electron chi connectivity index (χ2n) is 6.22. The minimum atomic E-state index is -0.491. The summed E-state index contributed by atoms with van der Waals surface area (Å²) >= 11 is 0. The summed E-state index contributed by atoms with van der Waals surface area (Å²) < 4.78 is 5.32. The van der Waals surface area contributed by atoms with Crippen molar-refractivity contribution in [3.8, 4) is 6.07 Å². The lowest BCUT2D eigenvalue weighted by Crippen LogP contribution is -2.45. The van der Waals surface area contributed by atoms with Crippen LogP contribution in [0.15, 0.2) is 12.3 Å². The van der Waals surface area contributed by atoms with E-state index in [1.54, 1.807) is 11.1 Å². The number of ether oxygens (including phenoxy) is 1. The fourth-order valence-corrected chi connectivity index (χ4v) is 2.63. The second-order valence-corrected chi connectivity index (χ2v) is 6.22. The van der Waals surface area contributed by atoms with Crippen LogP contribution in [0.3, 0.4) is 0 Å². The van der Waals surface area contributed by atoms with Crippen LogP contribution >= 0.6 is 0 Å². The molecule has 7 heteroatoms. The Hall–Kier alpha value is -2.36. The van der Waals surface area contributed by atoms with Gasteiger partial charge in [-0.3, -0.25) is 5.01 Å². The largest absolute Gasteiger partial charge is 0.448 e. The minimum Gasteiger partial charge on any atom is -0.448 e. The number of nitrogens with one attached hydrogen (secondary N) is 1. The molecule has 1 fully saturated rings. The van der Waals surface area contributed by atoms with Crippen LogP contribution in [-0.2, 0) is 4.74 Å². The van der Waals surface area contributed by atoms with Crippen LogP contribution in [-0.4, -0.2) is 29.2 Å². The summed E-state index contributed by atoms with van der Waals surface area (Å²) in [7, 11) is 0. The molecule has 1 heterocycles. The molecule has 124 valence electrons. The SMILES string of the molecule is CC(C)CN(NC(=O)OCC1CCCC1)c1ccnc(C#N)n1. The molecule has 1 saturated carbocycles. The van der Waals surface area contributed by atoms with E-state index in [4.69, 9.17) is 10.00 Å². The van der Waals surface area contributed by atoms with Crippen molar-refractivity contribution in [2.24, 2.45) is 11.8 Å². The third kappa shape index (κ3) is 5.40. The number of aromatic nitrogens is 2. The van der Waals surface area contributed by atoms with E-state index in [-0.39, 0.29) is 5.82 Å². The van der Waals surface area contributed by atoms with Gasteiger partial charge in [-0.25, -0.2) is 15.2 Å². The van der Waals surface area contributed by atoms with Crippen LogP contribution in [0.5, 0.6) is 0 Å². The highest BCUT2D eigenvalue weighted by Gasteiger charge is 2.19. The summed E-state index contributed by atoms with van der Waals surface area (Å²) in [6, 6.07) is 3.55. The first-order chi connectivity index (χ1) is 11.1. The molecule has 1 N–H and O–H groups in total. The Morgan fingerprint density at radius 1 is 1.52 bits per heavy atom. The van der Waals surface area contributed by atoms with Gasteiger partial charge in [0.05, 0.1) is 6.61 Å². The number of nitrogens with zero attached hydrogens (tertiary/aromatic N) is 4. The fourth-order valence-electron chi connectivity index (χ4n) is 2.63. The molecule has 0 radical (unpaired) electrons. The lowest BCUT2D eigenvalue weighted by atomic mass is 10.1. The smallest absolute Gasteiger partial charge is 0.426 e. The Kier molecular flexibility index (Phi) is 6.15. The van der Waals surface area contributed by atoms with E-state index >= 15 is 0 Å².